The van der Waals surface area contributed by atoms with Crippen molar-refractivity contribution in [3.8, 4) is 0 Å². The van der Waals surface area contributed by atoms with Gasteiger partial charge in [-0.15, -0.1) is 0 Å². The minimum absolute atomic E-state index is 0.0122. The zero-order chi connectivity index (χ0) is 20.1. The molecule has 3 aromatic rings. The number of nitro benzene ring substituents is 1. The van der Waals surface area contributed by atoms with Crippen LogP contribution in [-0.2, 0) is 11.3 Å². The minimum Gasteiger partial charge on any atom is -0.350 e. The molecule has 3 rings (SSSR count). The van der Waals surface area contributed by atoms with E-state index in [0.717, 1.165) is 0 Å². The predicted molar refractivity (Wildman–Crippen MR) is 105 cm³/mol. The lowest BCUT2D eigenvalue weighted by molar-refractivity contribution is -0.384. The van der Waals surface area contributed by atoms with Crippen LogP contribution in [-0.4, -0.2) is 20.4 Å². The van der Waals surface area contributed by atoms with Gasteiger partial charge in [0.15, 0.2) is 0 Å². The quantitative estimate of drug-likeness (QED) is 0.501. The summed E-state index contributed by atoms with van der Waals surface area (Å²) >= 11 is 0. The third-order valence-corrected chi connectivity index (χ3v) is 4.49. The van der Waals surface area contributed by atoms with Gasteiger partial charge in [0.05, 0.1) is 28.2 Å². The van der Waals surface area contributed by atoms with E-state index >= 15 is 0 Å². The van der Waals surface area contributed by atoms with Gasteiger partial charge in [-0.1, -0.05) is 24.3 Å². The molecule has 0 spiro atoms. The highest BCUT2D eigenvalue weighted by atomic mass is 16.6. The van der Waals surface area contributed by atoms with Crippen LogP contribution >= 0.6 is 0 Å². The lowest BCUT2D eigenvalue weighted by atomic mass is 10.1. The van der Waals surface area contributed by atoms with E-state index < -0.39 is 4.92 Å². The molecule has 0 aliphatic heterocycles. The first-order chi connectivity index (χ1) is 13.5. The number of para-hydroxylation sites is 1. The van der Waals surface area contributed by atoms with Crippen LogP contribution in [0.1, 0.15) is 31.4 Å². The standard InChI is InChI=1S/C20H20N4O4/c1-14(15-6-4-7-16(12-15)24(27)28)22-19(25)10-5-11-23-13-21-18-9-3-2-8-17(18)20(23)26/h2-4,6-9,12-14H,5,10-11H2,1H3,(H,22,25)/t14-/m1/s1. The average Bonchev–Trinajstić information content (AvgIpc) is 2.70. The van der Waals surface area contributed by atoms with Gasteiger partial charge in [-0.25, -0.2) is 4.98 Å². The summed E-state index contributed by atoms with van der Waals surface area (Å²) in [4.78, 5) is 39.3. The molecule has 0 saturated heterocycles. The van der Waals surface area contributed by atoms with E-state index in [0.29, 0.717) is 29.4 Å². The van der Waals surface area contributed by atoms with Crippen molar-refractivity contribution in [1.82, 2.24) is 14.9 Å². The van der Waals surface area contributed by atoms with Gasteiger partial charge >= 0.3 is 0 Å². The summed E-state index contributed by atoms with van der Waals surface area (Å²) in [6.07, 6.45) is 2.21. The Hall–Kier alpha value is -3.55. The van der Waals surface area contributed by atoms with Crippen molar-refractivity contribution in [3.63, 3.8) is 0 Å². The molecule has 0 unspecified atom stereocenters. The first-order valence-electron chi connectivity index (χ1n) is 8.93. The maximum Gasteiger partial charge on any atom is 0.269 e. The fraction of sp³-hybridized carbons (Fsp3) is 0.250. The number of hydrogen-bond acceptors (Lipinski definition) is 5. The molecule has 8 nitrogen and oxygen atoms in total. The maximum absolute atomic E-state index is 12.4. The fourth-order valence-electron chi connectivity index (χ4n) is 2.98. The van der Waals surface area contributed by atoms with Crippen molar-refractivity contribution < 1.29 is 9.72 Å². The van der Waals surface area contributed by atoms with E-state index in [4.69, 9.17) is 0 Å². The predicted octanol–water partition coefficient (Wildman–Crippen LogP) is 2.96. The van der Waals surface area contributed by atoms with Gasteiger partial charge < -0.3 is 5.32 Å². The average molecular weight is 380 g/mol. The molecule has 1 amide bonds. The van der Waals surface area contributed by atoms with Gasteiger partial charge in [0.25, 0.3) is 11.2 Å². The number of aromatic nitrogens is 2. The van der Waals surface area contributed by atoms with E-state index in [2.05, 4.69) is 10.3 Å². The summed E-state index contributed by atoms with van der Waals surface area (Å²) in [5.41, 5.74) is 1.17. The molecule has 0 aliphatic carbocycles. The van der Waals surface area contributed by atoms with Crippen molar-refractivity contribution in [2.45, 2.75) is 32.4 Å². The number of nitrogens with one attached hydrogen (secondary N) is 1. The number of aryl methyl sites for hydroxylation is 1. The molecule has 0 aliphatic rings. The Bertz CT molecular complexity index is 1080. The first-order valence-corrected chi connectivity index (χ1v) is 8.93. The van der Waals surface area contributed by atoms with Crippen molar-refractivity contribution >= 4 is 22.5 Å². The Kier molecular flexibility index (Phi) is 5.78. The molecule has 1 heterocycles. The van der Waals surface area contributed by atoms with Crippen LogP contribution < -0.4 is 10.9 Å². The molecule has 1 N–H and O–H groups in total. The number of fused-ring (bicyclic) bond motifs is 1. The highest BCUT2D eigenvalue weighted by Crippen LogP contribution is 2.19. The van der Waals surface area contributed by atoms with Crippen molar-refractivity contribution in [1.29, 1.82) is 0 Å². The van der Waals surface area contributed by atoms with E-state index in [-0.39, 0.29) is 29.6 Å². The largest absolute Gasteiger partial charge is 0.350 e. The van der Waals surface area contributed by atoms with Crippen LogP contribution in [0.5, 0.6) is 0 Å². The number of non-ortho nitro benzene ring substituents is 1. The lowest BCUT2D eigenvalue weighted by Gasteiger charge is -2.14. The number of hydrogen-bond donors (Lipinski definition) is 1. The summed E-state index contributed by atoms with van der Waals surface area (Å²) in [6.45, 7) is 2.16. The third kappa shape index (κ3) is 4.40. The molecule has 28 heavy (non-hydrogen) atoms. The smallest absolute Gasteiger partial charge is 0.269 e. The summed E-state index contributed by atoms with van der Waals surface area (Å²) in [5.74, 6) is -0.180. The Labute approximate surface area is 161 Å². The van der Waals surface area contributed by atoms with Crippen LogP contribution in [0.15, 0.2) is 59.7 Å². The van der Waals surface area contributed by atoms with Gasteiger partial charge in [-0.05, 0) is 31.0 Å². The Morgan fingerprint density at radius 3 is 2.82 bits per heavy atom. The molecule has 1 aromatic heterocycles. The number of carbonyl (C=O) groups excluding carboxylic acids is 1. The molecule has 2 aromatic carbocycles. The van der Waals surface area contributed by atoms with Crippen molar-refractivity contribution in [2.75, 3.05) is 0 Å². The minimum atomic E-state index is -0.465. The number of nitro groups is 1. The highest BCUT2D eigenvalue weighted by molar-refractivity contribution is 5.77. The number of carbonyl (C=O) groups is 1. The molecule has 0 fully saturated rings. The molecule has 0 saturated carbocycles. The van der Waals surface area contributed by atoms with Crippen LogP contribution in [0, 0.1) is 10.1 Å². The van der Waals surface area contributed by atoms with Gasteiger partial charge in [-0.2, -0.15) is 0 Å². The van der Waals surface area contributed by atoms with Crippen LogP contribution in [0.3, 0.4) is 0 Å². The van der Waals surface area contributed by atoms with E-state index in [1.54, 1.807) is 37.3 Å². The van der Waals surface area contributed by atoms with Crippen LogP contribution in [0.4, 0.5) is 5.69 Å². The second-order valence-corrected chi connectivity index (χ2v) is 6.51. The molecular weight excluding hydrogens is 360 g/mol. The van der Waals surface area contributed by atoms with E-state index in [1.165, 1.54) is 23.0 Å². The lowest BCUT2D eigenvalue weighted by Crippen LogP contribution is -2.27. The molecule has 1 atom stereocenters. The monoisotopic (exact) mass is 380 g/mol. The molecular formula is C20H20N4O4. The van der Waals surface area contributed by atoms with Crippen molar-refractivity contribution in [2.24, 2.45) is 0 Å². The molecule has 144 valence electrons. The number of nitrogens with zero attached hydrogens (tertiary/aromatic N) is 3. The van der Waals surface area contributed by atoms with Gasteiger partial charge in [0, 0.05) is 25.1 Å². The van der Waals surface area contributed by atoms with Gasteiger partial charge in [0.2, 0.25) is 5.91 Å². The topological polar surface area (TPSA) is 107 Å². The number of benzene rings is 2. The van der Waals surface area contributed by atoms with Crippen LogP contribution in [0.2, 0.25) is 0 Å². The highest BCUT2D eigenvalue weighted by Gasteiger charge is 2.13. The zero-order valence-electron chi connectivity index (χ0n) is 15.4. The summed E-state index contributed by atoms with van der Waals surface area (Å²) in [6, 6.07) is 13.0. The molecule has 8 heteroatoms. The van der Waals surface area contributed by atoms with E-state index in [9.17, 15) is 19.7 Å². The molecule has 0 bridgehead atoms. The summed E-state index contributed by atoms with van der Waals surface area (Å²) in [7, 11) is 0. The Morgan fingerprint density at radius 1 is 1.25 bits per heavy atom. The Morgan fingerprint density at radius 2 is 2.04 bits per heavy atom. The summed E-state index contributed by atoms with van der Waals surface area (Å²) in [5, 5.41) is 14.2. The Balaban J connectivity index is 1.56. The first kappa shape index (κ1) is 19.2. The molecule has 0 radical (unpaired) electrons. The third-order valence-electron chi connectivity index (χ3n) is 4.49. The number of rotatable bonds is 7. The second kappa shape index (κ2) is 8.43. The van der Waals surface area contributed by atoms with Gasteiger partial charge in [0.1, 0.15) is 0 Å². The van der Waals surface area contributed by atoms with Gasteiger partial charge in [-0.3, -0.25) is 24.3 Å². The fourth-order valence-corrected chi connectivity index (χ4v) is 2.98. The van der Waals surface area contributed by atoms with E-state index in [1.807, 2.05) is 6.07 Å². The van der Waals surface area contributed by atoms with Crippen molar-refractivity contribution in [3.05, 3.63) is 80.9 Å². The second-order valence-electron chi connectivity index (χ2n) is 6.51. The maximum atomic E-state index is 12.4. The SMILES string of the molecule is C[C@@H](NC(=O)CCCn1cnc2ccccc2c1=O)c1cccc([N+](=O)[O-])c1. The summed E-state index contributed by atoms with van der Waals surface area (Å²) < 4.78 is 1.50. The zero-order valence-corrected chi connectivity index (χ0v) is 15.4. The normalized spacial score (nSPS) is 11.9. The number of amides is 1. The van der Waals surface area contributed by atoms with Crippen LogP contribution in [0.25, 0.3) is 10.9 Å².